The van der Waals surface area contributed by atoms with Crippen LogP contribution in [0.2, 0.25) is 0 Å². The summed E-state index contributed by atoms with van der Waals surface area (Å²) in [5.74, 6) is 0.0995. The Kier molecular flexibility index (Phi) is 2.76. The van der Waals surface area contributed by atoms with Crippen molar-refractivity contribution in [3.63, 3.8) is 0 Å². The van der Waals surface area contributed by atoms with Gasteiger partial charge < -0.3 is 14.6 Å². The van der Waals surface area contributed by atoms with Crippen LogP contribution in [0.15, 0.2) is 21.3 Å². The molecule has 1 aromatic heterocycles. The second-order valence-corrected chi connectivity index (χ2v) is 4.62. The predicted octanol–water partition coefficient (Wildman–Crippen LogP) is 1.09. The second-order valence-electron chi connectivity index (χ2n) is 4.62. The third-order valence-corrected chi connectivity index (χ3v) is 2.05. The van der Waals surface area contributed by atoms with E-state index in [0.29, 0.717) is 5.56 Å². The molecule has 0 amide bonds. The summed E-state index contributed by atoms with van der Waals surface area (Å²) in [7, 11) is 0. The standard InChI is InChI=1S/C11H16O4/c1-10(2,13)7-5-6-8(12)15-9(7)11(3,4)14/h5-6,13-14H,1-4H3. The molecule has 4 heteroatoms. The highest BCUT2D eigenvalue weighted by Gasteiger charge is 2.30. The van der Waals surface area contributed by atoms with Gasteiger partial charge in [0.2, 0.25) is 0 Å². The average Bonchev–Trinajstić information content (AvgIpc) is 2.00. The molecule has 15 heavy (non-hydrogen) atoms. The summed E-state index contributed by atoms with van der Waals surface area (Å²) < 4.78 is 4.93. The number of hydrogen-bond acceptors (Lipinski definition) is 4. The molecule has 0 spiro atoms. The van der Waals surface area contributed by atoms with Gasteiger partial charge in [0.1, 0.15) is 11.4 Å². The molecule has 4 nitrogen and oxygen atoms in total. The molecular formula is C11H16O4. The number of aliphatic hydroxyl groups is 2. The van der Waals surface area contributed by atoms with Crippen LogP contribution in [0.25, 0.3) is 0 Å². The predicted molar refractivity (Wildman–Crippen MR) is 55.5 cm³/mol. The van der Waals surface area contributed by atoms with E-state index in [4.69, 9.17) is 4.42 Å². The van der Waals surface area contributed by atoms with E-state index in [1.807, 2.05) is 0 Å². The van der Waals surface area contributed by atoms with Crippen LogP contribution in [-0.4, -0.2) is 10.2 Å². The Morgan fingerprint density at radius 2 is 1.60 bits per heavy atom. The maximum Gasteiger partial charge on any atom is 0.335 e. The monoisotopic (exact) mass is 212 g/mol. The van der Waals surface area contributed by atoms with Crippen molar-refractivity contribution in [2.45, 2.75) is 38.9 Å². The molecule has 1 rings (SSSR count). The van der Waals surface area contributed by atoms with Crippen molar-refractivity contribution in [3.05, 3.63) is 33.9 Å². The summed E-state index contributed by atoms with van der Waals surface area (Å²) in [4.78, 5) is 11.1. The highest BCUT2D eigenvalue weighted by Crippen LogP contribution is 2.29. The molecule has 0 aliphatic carbocycles. The van der Waals surface area contributed by atoms with Gasteiger partial charge in [-0.15, -0.1) is 0 Å². The van der Waals surface area contributed by atoms with Crippen LogP contribution in [0.3, 0.4) is 0 Å². The normalized spacial score (nSPS) is 12.9. The van der Waals surface area contributed by atoms with Gasteiger partial charge in [0.05, 0.1) is 5.60 Å². The van der Waals surface area contributed by atoms with Crippen LogP contribution in [0.4, 0.5) is 0 Å². The zero-order valence-electron chi connectivity index (χ0n) is 9.37. The largest absolute Gasteiger partial charge is 0.424 e. The van der Waals surface area contributed by atoms with E-state index in [1.54, 1.807) is 13.8 Å². The van der Waals surface area contributed by atoms with E-state index in [1.165, 1.54) is 26.0 Å². The first-order valence-corrected chi connectivity index (χ1v) is 4.72. The molecular weight excluding hydrogens is 196 g/mol. The molecule has 1 aromatic rings. The minimum atomic E-state index is -1.30. The average molecular weight is 212 g/mol. The van der Waals surface area contributed by atoms with Crippen molar-refractivity contribution in [1.82, 2.24) is 0 Å². The third-order valence-electron chi connectivity index (χ3n) is 2.05. The molecule has 0 bridgehead atoms. The SMILES string of the molecule is CC(C)(O)c1ccc(=O)oc1C(C)(C)O. The van der Waals surface area contributed by atoms with Crippen LogP contribution in [0.5, 0.6) is 0 Å². The lowest BCUT2D eigenvalue weighted by Crippen LogP contribution is -2.27. The summed E-state index contributed by atoms with van der Waals surface area (Å²) in [5, 5.41) is 19.7. The van der Waals surface area contributed by atoms with E-state index in [-0.39, 0.29) is 5.76 Å². The molecule has 0 atom stereocenters. The Balaban J connectivity index is 3.48. The fourth-order valence-electron chi connectivity index (χ4n) is 1.35. The summed E-state index contributed by atoms with van der Waals surface area (Å²) in [5.41, 5.74) is -2.59. The first-order chi connectivity index (χ1) is 6.62. The second kappa shape index (κ2) is 3.47. The van der Waals surface area contributed by atoms with Crippen molar-refractivity contribution < 1.29 is 14.6 Å². The molecule has 0 aromatic carbocycles. The van der Waals surface area contributed by atoms with E-state index in [0.717, 1.165) is 0 Å². The summed E-state index contributed by atoms with van der Waals surface area (Å²) >= 11 is 0. The molecule has 0 saturated heterocycles. The van der Waals surface area contributed by atoms with Crippen LogP contribution in [0.1, 0.15) is 39.0 Å². The van der Waals surface area contributed by atoms with Crippen molar-refractivity contribution in [3.8, 4) is 0 Å². The Labute approximate surface area is 88.2 Å². The topological polar surface area (TPSA) is 70.7 Å². The van der Waals surface area contributed by atoms with E-state index in [9.17, 15) is 15.0 Å². The van der Waals surface area contributed by atoms with Gasteiger partial charge in [-0.1, -0.05) is 0 Å². The lowest BCUT2D eigenvalue weighted by atomic mass is 9.91. The fourth-order valence-corrected chi connectivity index (χ4v) is 1.35. The van der Waals surface area contributed by atoms with Crippen molar-refractivity contribution >= 4 is 0 Å². The molecule has 0 aliphatic rings. The highest BCUT2D eigenvalue weighted by atomic mass is 16.4. The molecule has 2 N–H and O–H groups in total. The van der Waals surface area contributed by atoms with Crippen molar-refractivity contribution in [2.24, 2.45) is 0 Å². The fraction of sp³-hybridized carbons (Fsp3) is 0.545. The van der Waals surface area contributed by atoms with Gasteiger partial charge >= 0.3 is 5.63 Å². The van der Waals surface area contributed by atoms with Gasteiger partial charge in [-0.05, 0) is 33.8 Å². The Bertz CT molecular complexity index is 404. The van der Waals surface area contributed by atoms with E-state index >= 15 is 0 Å². The number of hydrogen-bond donors (Lipinski definition) is 2. The first kappa shape index (κ1) is 11.9. The molecule has 0 saturated carbocycles. The lowest BCUT2D eigenvalue weighted by Gasteiger charge is -2.25. The summed E-state index contributed by atoms with van der Waals surface area (Å²) in [6.45, 7) is 6.14. The van der Waals surface area contributed by atoms with Crippen LogP contribution >= 0.6 is 0 Å². The smallest absolute Gasteiger partial charge is 0.335 e. The Morgan fingerprint density at radius 1 is 1.07 bits per heavy atom. The third kappa shape index (κ3) is 2.67. The van der Waals surface area contributed by atoms with Crippen molar-refractivity contribution in [2.75, 3.05) is 0 Å². The quantitative estimate of drug-likeness (QED) is 0.770. The van der Waals surface area contributed by atoms with Crippen molar-refractivity contribution in [1.29, 1.82) is 0 Å². The van der Waals surface area contributed by atoms with Gasteiger partial charge in [-0.3, -0.25) is 0 Å². The first-order valence-electron chi connectivity index (χ1n) is 4.72. The molecule has 0 fully saturated rings. The minimum Gasteiger partial charge on any atom is -0.424 e. The maximum atomic E-state index is 11.1. The van der Waals surface area contributed by atoms with Crippen LogP contribution in [0, 0.1) is 0 Å². The Hall–Kier alpha value is -1.13. The molecule has 0 radical (unpaired) electrons. The zero-order valence-corrected chi connectivity index (χ0v) is 9.37. The highest BCUT2D eigenvalue weighted by molar-refractivity contribution is 5.26. The van der Waals surface area contributed by atoms with Gasteiger partial charge in [-0.2, -0.15) is 0 Å². The van der Waals surface area contributed by atoms with Gasteiger partial charge in [0.15, 0.2) is 0 Å². The van der Waals surface area contributed by atoms with Gasteiger partial charge in [0.25, 0.3) is 0 Å². The maximum absolute atomic E-state index is 11.1. The minimum absolute atomic E-state index is 0.0995. The molecule has 84 valence electrons. The van der Waals surface area contributed by atoms with Crippen LogP contribution in [-0.2, 0) is 11.2 Å². The van der Waals surface area contributed by atoms with Gasteiger partial charge in [-0.25, -0.2) is 4.79 Å². The zero-order chi connectivity index (χ0) is 11.9. The number of rotatable bonds is 2. The van der Waals surface area contributed by atoms with Crippen LogP contribution < -0.4 is 5.63 Å². The lowest BCUT2D eigenvalue weighted by molar-refractivity contribution is 0.0291. The molecule has 0 unspecified atom stereocenters. The summed E-state index contributed by atoms with van der Waals surface area (Å²) in [6, 6.07) is 2.70. The summed E-state index contributed by atoms with van der Waals surface area (Å²) in [6.07, 6.45) is 0. The van der Waals surface area contributed by atoms with E-state index < -0.39 is 16.8 Å². The molecule has 1 heterocycles. The Morgan fingerprint density at radius 3 is 2.00 bits per heavy atom. The van der Waals surface area contributed by atoms with E-state index in [2.05, 4.69) is 0 Å². The van der Waals surface area contributed by atoms with Gasteiger partial charge in [0, 0.05) is 11.6 Å². The molecule has 0 aliphatic heterocycles.